The number of nitrogens with one attached hydrogen (secondary N) is 1. The Kier molecular flexibility index (Phi) is 5.34. The maximum Gasteiger partial charge on any atom is 0.270 e. The van der Waals surface area contributed by atoms with Crippen molar-refractivity contribution in [2.24, 2.45) is 0 Å². The molecule has 1 aromatic carbocycles. The third kappa shape index (κ3) is 4.39. The van der Waals surface area contributed by atoms with Crippen molar-refractivity contribution >= 4 is 23.4 Å². The first-order valence-electron chi connectivity index (χ1n) is 5.74. The standard InChI is InChI=1S/C12H16N2O5S/c1-12(17,7-20-2)6-13-11(16)9-5-8(14(18)19)3-4-10(9)15/h3-5,15,17H,6-7H2,1-2H3,(H,13,16). The molecule has 1 rings (SSSR count). The second-order valence-electron chi connectivity index (χ2n) is 4.57. The minimum absolute atomic E-state index is 0.0190. The molecule has 110 valence electrons. The zero-order valence-corrected chi connectivity index (χ0v) is 11.9. The number of hydrogen-bond donors (Lipinski definition) is 3. The summed E-state index contributed by atoms with van der Waals surface area (Å²) in [4.78, 5) is 21.9. The molecule has 0 radical (unpaired) electrons. The summed E-state index contributed by atoms with van der Waals surface area (Å²) in [5.41, 5.74) is -1.58. The highest BCUT2D eigenvalue weighted by Crippen LogP contribution is 2.23. The highest BCUT2D eigenvalue weighted by atomic mass is 32.2. The minimum atomic E-state index is -1.09. The molecule has 0 fully saturated rings. The SMILES string of the molecule is CSCC(C)(O)CNC(=O)c1cc([N+](=O)[O-])ccc1O. The van der Waals surface area contributed by atoms with E-state index in [4.69, 9.17) is 0 Å². The molecule has 0 aliphatic heterocycles. The van der Waals surface area contributed by atoms with Gasteiger partial charge in [0.15, 0.2) is 0 Å². The van der Waals surface area contributed by atoms with E-state index in [0.29, 0.717) is 5.75 Å². The van der Waals surface area contributed by atoms with E-state index in [0.717, 1.165) is 18.2 Å². The van der Waals surface area contributed by atoms with E-state index in [9.17, 15) is 25.1 Å². The molecule has 1 aromatic rings. The molecule has 20 heavy (non-hydrogen) atoms. The summed E-state index contributed by atoms with van der Waals surface area (Å²) in [6, 6.07) is 3.19. The maximum absolute atomic E-state index is 11.9. The van der Waals surface area contributed by atoms with Crippen LogP contribution in [-0.4, -0.2) is 45.2 Å². The van der Waals surface area contributed by atoms with Crippen LogP contribution in [0.15, 0.2) is 18.2 Å². The van der Waals surface area contributed by atoms with E-state index in [-0.39, 0.29) is 23.5 Å². The summed E-state index contributed by atoms with van der Waals surface area (Å²) in [5.74, 6) is -0.598. The van der Waals surface area contributed by atoms with Gasteiger partial charge >= 0.3 is 0 Å². The molecule has 0 aromatic heterocycles. The van der Waals surface area contributed by atoms with Crippen molar-refractivity contribution in [3.63, 3.8) is 0 Å². The zero-order valence-electron chi connectivity index (χ0n) is 11.1. The Labute approximate surface area is 120 Å². The number of aliphatic hydroxyl groups is 1. The van der Waals surface area contributed by atoms with Crippen LogP contribution in [0, 0.1) is 10.1 Å². The van der Waals surface area contributed by atoms with Gasteiger partial charge in [0, 0.05) is 24.4 Å². The van der Waals surface area contributed by atoms with Gasteiger partial charge in [-0.25, -0.2) is 0 Å². The first-order valence-corrected chi connectivity index (χ1v) is 7.13. The Morgan fingerprint density at radius 3 is 2.75 bits per heavy atom. The zero-order chi connectivity index (χ0) is 15.3. The number of nitro groups is 1. The third-order valence-electron chi connectivity index (χ3n) is 2.52. The Balaban J connectivity index is 2.82. The van der Waals surface area contributed by atoms with Crippen molar-refractivity contribution < 1.29 is 19.9 Å². The fourth-order valence-corrected chi connectivity index (χ4v) is 2.27. The number of carbonyl (C=O) groups excluding carboxylic acids is 1. The molecule has 0 heterocycles. The fraction of sp³-hybridized carbons (Fsp3) is 0.417. The van der Waals surface area contributed by atoms with E-state index < -0.39 is 16.4 Å². The van der Waals surface area contributed by atoms with Crippen LogP contribution in [0.25, 0.3) is 0 Å². The van der Waals surface area contributed by atoms with Gasteiger partial charge in [-0.1, -0.05) is 0 Å². The van der Waals surface area contributed by atoms with Crippen molar-refractivity contribution in [3.8, 4) is 5.75 Å². The molecular weight excluding hydrogens is 284 g/mol. The number of thioether (sulfide) groups is 1. The number of nitro benzene ring substituents is 1. The van der Waals surface area contributed by atoms with Gasteiger partial charge in [-0.2, -0.15) is 11.8 Å². The van der Waals surface area contributed by atoms with Gasteiger partial charge in [-0.3, -0.25) is 14.9 Å². The lowest BCUT2D eigenvalue weighted by atomic mass is 10.1. The summed E-state index contributed by atoms with van der Waals surface area (Å²) in [6.45, 7) is 1.55. The number of benzene rings is 1. The van der Waals surface area contributed by atoms with Gasteiger partial charge in [0.25, 0.3) is 11.6 Å². The molecule has 8 heteroatoms. The van der Waals surface area contributed by atoms with Crippen LogP contribution in [0.2, 0.25) is 0 Å². The van der Waals surface area contributed by atoms with Crippen LogP contribution >= 0.6 is 11.8 Å². The largest absolute Gasteiger partial charge is 0.507 e. The molecule has 0 bridgehead atoms. The molecule has 7 nitrogen and oxygen atoms in total. The summed E-state index contributed by atoms with van der Waals surface area (Å²) < 4.78 is 0. The Bertz CT molecular complexity index is 519. The number of amides is 1. The number of nitrogens with zero attached hydrogens (tertiary/aromatic N) is 1. The molecule has 1 amide bonds. The van der Waals surface area contributed by atoms with Crippen molar-refractivity contribution in [1.29, 1.82) is 0 Å². The Morgan fingerprint density at radius 1 is 1.55 bits per heavy atom. The quantitative estimate of drug-likeness (QED) is 0.536. The van der Waals surface area contributed by atoms with Crippen molar-refractivity contribution in [2.75, 3.05) is 18.6 Å². The van der Waals surface area contributed by atoms with Gasteiger partial charge < -0.3 is 15.5 Å². The molecule has 0 aliphatic carbocycles. The van der Waals surface area contributed by atoms with E-state index in [1.54, 1.807) is 6.92 Å². The predicted molar refractivity (Wildman–Crippen MR) is 76.1 cm³/mol. The number of phenolic OH excluding ortho intramolecular Hbond substituents is 1. The normalized spacial score (nSPS) is 13.6. The van der Waals surface area contributed by atoms with Crippen LogP contribution < -0.4 is 5.32 Å². The number of phenols is 1. The van der Waals surface area contributed by atoms with Crippen molar-refractivity contribution in [3.05, 3.63) is 33.9 Å². The molecule has 0 saturated carbocycles. The average molecular weight is 300 g/mol. The smallest absolute Gasteiger partial charge is 0.270 e. The lowest BCUT2D eigenvalue weighted by molar-refractivity contribution is -0.384. The van der Waals surface area contributed by atoms with E-state index >= 15 is 0 Å². The number of rotatable bonds is 6. The van der Waals surface area contributed by atoms with E-state index in [1.165, 1.54) is 11.8 Å². The number of hydrogen-bond acceptors (Lipinski definition) is 6. The molecule has 0 spiro atoms. The maximum atomic E-state index is 11.9. The molecule has 0 saturated heterocycles. The molecule has 0 aliphatic rings. The van der Waals surface area contributed by atoms with Gasteiger partial charge in [0.2, 0.25) is 0 Å². The topological polar surface area (TPSA) is 113 Å². The first kappa shape index (κ1) is 16.3. The van der Waals surface area contributed by atoms with E-state index in [2.05, 4.69) is 5.32 Å². The van der Waals surface area contributed by atoms with Gasteiger partial charge in [0.05, 0.1) is 16.1 Å². The van der Waals surface area contributed by atoms with Crippen LogP contribution in [0.4, 0.5) is 5.69 Å². The fourth-order valence-electron chi connectivity index (χ4n) is 1.55. The number of carbonyl (C=O) groups is 1. The van der Waals surface area contributed by atoms with Crippen LogP contribution in [0.3, 0.4) is 0 Å². The Hall–Kier alpha value is -1.80. The van der Waals surface area contributed by atoms with Crippen LogP contribution in [0.1, 0.15) is 17.3 Å². The molecular formula is C12H16N2O5S. The molecule has 1 atom stereocenters. The first-order chi connectivity index (χ1) is 9.26. The van der Waals surface area contributed by atoms with Gasteiger partial charge in [-0.15, -0.1) is 0 Å². The van der Waals surface area contributed by atoms with Gasteiger partial charge in [0.1, 0.15) is 5.75 Å². The molecule has 3 N–H and O–H groups in total. The highest BCUT2D eigenvalue weighted by Gasteiger charge is 2.22. The second-order valence-corrected chi connectivity index (χ2v) is 5.44. The number of non-ortho nitro benzene ring substituents is 1. The molecule has 1 unspecified atom stereocenters. The lowest BCUT2D eigenvalue weighted by Crippen LogP contribution is -2.42. The van der Waals surface area contributed by atoms with Crippen LogP contribution in [0.5, 0.6) is 5.75 Å². The average Bonchev–Trinajstić information content (AvgIpc) is 2.36. The predicted octanol–water partition coefficient (Wildman–Crippen LogP) is 1.14. The van der Waals surface area contributed by atoms with Crippen molar-refractivity contribution in [1.82, 2.24) is 5.32 Å². The van der Waals surface area contributed by atoms with Gasteiger partial charge in [-0.05, 0) is 19.2 Å². The summed E-state index contributed by atoms with van der Waals surface area (Å²) >= 11 is 1.43. The summed E-state index contributed by atoms with van der Waals surface area (Å²) in [6.07, 6.45) is 1.82. The highest BCUT2D eigenvalue weighted by molar-refractivity contribution is 7.98. The summed E-state index contributed by atoms with van der Waals surface area (Å²) in [5, 5.41) is 32.6. The third-order valence-corrected chi connectivity index (χ3v) is 3.43. The monoisotopic (exact) mass is 300 g/mol. The lowest BCUT2D eigenvalue weighted by Gasteiger charge is -2.22. The Morgan fingerprint density at radius 2 is 2.20 bits per heavy atom. The van der Waals surface area contributed by atoms with Crippen LogP contribution in [-0.2, 0) is 0 Å². The van der Waals surface area contributed by atoms with Crippen molar-refractivity contribution in [2.45, 2.75) is 12.5 Å². The second kappa shape index (κ2) is 6.58. The minimum Gasteiger partial charge on any atom is -0.507 e. The summed E-state index contributed by atoms with van der Waals surface area (Å²) in [7, 11) is 0. The number of aromatic hydroxyl groups is 1. The van der Waals surface area contributed by atoms with E-state index in [1.807, 2.05) is 6.26 Å².